The Labute approximate surface area is 165 Å². The van der Waals surface area contributed by atoms with E-state index in [1.54, 1.807) is 13.3 Å². The van der Waals surface area contributed by atoms with E-state index in [4.69, 9.17) is 4.74 Å². The third-order valence-corrected chi connectivity index (χ3v) is 5.65. The minimum atomic E-state index is -0.0896. The van der Waals surface area contributed by atoms with Crippen LogP contribution in [0.3, 0.4) is 0 Å². The van der Waals surface area contributed by atoms with Crippen molar-refractivity contribution < 1.29 is 9.53 Å². The number of carbonyl (C=O) groups excluding carboxylic acids is 1. The van der Waals surface area contributed by atoms with E-state index in [0.717, 1.165) is 17.7 Å². The van der Waals surface area contributed by atoms with E-state index in [1.807, 2.05) is 36.6 Å². The molecule has 0 aliphatic rings. The Balaban J connectivity index is 1.46. The quantitative estimate of drug-likeness (QED) is 0.626. The van der Waals surface area contributed by atoms with Crippen molar-refractivity contribution in [1.29, 1.82) is 0 Å². The molecular formula is C19H21N3O3S2. The molecule has 0 spiro atoms. The number of fused-ring (bicyclic) bond motifs is 1. The van der Waals surface area contributed by atoms with Crippen molar-refractivity contribution in [2.24, 2.45) is 0 Å². The monoisotopic (exact) mass is 403 g/mol. The van der Waals surface area contributed by atoms with Crippen molar-refractivity contribution in [2.45, 2.75) is 25.1 Å². The maximum atomic E-state index is 12.2. The zero-order chi connectivity index (χ0) is 19.2. The Morgan fingerprint density at radius 2 is 2.26 bits per heavy atom. The van der Waals surface area contributed by atoms with E-state index >= 15 is 0 Å². The van der Waals surface area contributed by atoms with Crippen molar-refractivity contribution in [3.8, 4) is 5.75 Å². The number of amides is 1. The van der Waals surface area contributed by atoms with Gasteiger partial charge in [-0.1, -0.05) is 12.1 Å². The highest BCUT2D eigenvalue weighted by molar-refractivity contribution is 7.99. The molecule has 0 fully saturated rings. The molecule has 27 heavy (non-hydrogen) atoms. The number of nitrogens with zero attached hydrogens (tertiary/aromatic N) is 2. The Morgan fingerprint density at radius 1 is 1.41 bits per heavy atom. The summed E-state index contributed by atoms with van der Waals surface area (Å²) >= 11 is 2.87. The largest absolute Gasteiger partial charge is 0.497 e. The number of benzene rings is 1. The third-order valence-electron chi connectivity index (χ3n) is 3.92. The minimum absolute atomic E-state index is 0.0236. The molecule has 3 rings (SSSR count). The van der Waals surface area contributed by atoms with E-state index < -0.39 is 0 Å². The Hall–Kier alpha value is -2.32. The summed E-state index contributed by atoms with van der Waals surface area (Å²) < 4.78 is 6.74. The van der Waals surface area contributed by atoms with Gasteiger partial charge in [0, 0.05) is 29.4 Å². The zero-order valence-electron chi connectivity index (χ0n) is 15.2. The first-order valence-electron chi connectivity index (χ1n) is 8.51. The van der Waals surface area contributed by atoms with Crippen LogP contribution in [0.2, 0.25) is 0 Å². The number of thioether (sulfide) groups is 1. The molecule has 1 N–H and O–H groups in total. The Kier molecular flexibility index (Phi) is 6.52. The number of methoxy groups -OCH3 is 1. The Morgan fingerprint density at radius 3 is 3.07 bits per heavy atom. The minimum Gasteiger partial charge on any atom is -0.497 e. The maximum absolute atomic E-state index is 12.2. The average Bonchev–Trinajstić information content (AvgIpc) is 3.11. The van der Waals surface area contributed by atoms with E-state index in [1.165, 1.54) is 33.6 Å². The molecule has 0 saturated heterocycles. The second kappa shape index (κ2) is 9.05. The van der Waals surface area contributed by atoms with Crippen molar-refractivity contribution in [3.05, 3.63) is 63.5 Å². The van der Waals surface area contributed by atoms with Crippen LogP contribution in [-0.2, 0) is 17.0 Å². The van der Waals surface area contributed by atoms with Gasteiger partial charge in [0.25, 0.3) is 5.56 Å². The molecule has 1 aromatic carbocycles. The number of ether oxygens (including phenoxy) is 1. The van der Waals surface area contributed by atoms with Crippen molar-refractivity contribution in [1.82, 2.24) is 14.7 Å². The highest BCUT2D eigenvalue weighted by atomic mass is 32.2. The van der Waals surface area contributed by atoms with Gasteiger partial charge in [0.05, 0.1) is 18.6 Å². The van der Waals surface area contributed by atoms with Gasteiger partial charge >= 0.3 is 0 Å². The van der Waals surface area contributed by atoms with Gasteiger partial charge in [0.15, 0.2) is 4.96 Å². The third kappa shape index (κ3) is 5.33. The fourth-order valence-corrected chi connectivity index (χ4v) is 4.20. The smallest absolute Gasteiger partial charge is 0.258 e. The lowest BCUT2D eigenvalue weighted by molar-refractivity contribution is -0.119. The van der Waals surface area contributed by atoms with Crippen LogP contribution in [-0.4, -0.2) is 34.2 Å². The van der Waals surface area contributed by atoms with Crippen LogP contribution in [0.15, 0.2) is 46.7 Å². The summed E-state index contributed by atoms with van der Waals surface area (Å²) in [5.74, 6) is 1.65. The van der Waals surface area contributed by atoms with Gasteiger partial charge in [0.2, 0.25) is 5.91 Å². The molecule has 1 amide bonds. The number of hydrogen-bond acceptors (Lipinski definition) is 6. The fraction of sp³-hybridized carbons (Fsp3) is 0.316. The van der Waals surface area contributed by atoms with Crippen LogP contribution in [0.25, 0.3) is 4.96 Å². The van der Waals surface area contributed by atoms with Crippen molar-refractivity contribution in [2.75, 3.05) is 12.9 Å². The van der Waals surface area contributed by atoms with Crippen LogP contribution in [0.4, 0.5) is 0 Å². The van der Waals surface area contributed by atoms with Gasteiger partial charge in [-0.15, -0.1) is 23.1 Å². The predicted molar refractivity (Wildman–Crippen MR) is 110 cm³/mol. The lowest BCUT2D eigenvalue weighted by atomic mass is 10.1. The summed E-state index contributed by atoms with van der Waals surface area (Å²) in [7, 11) is 1.64. The molecule has 2 aromatic heterocycles. The van der Waals surface area contributed by atoms with Gasteiger partial charge < -0.3 is 10.1 Å². The van der Waals surface area contributed by atoms with E-state index in [-0.39, 0.29) is 17.5 Å². The summed E-state index contributed by atoms with van der Waals surface area (Å²) in [4.78, 5) is 29.2. The SMILES string of the molecule is COc1cccc(CC(C)NC(=O)CSCc2cc(=O)n3ccsc3n2)c1. The summed E-state index contributed by atoms with van der Waals surface area (Å²) in [6.45, 7) is 1.98. The number of rotatable bonds is 8. The molecule has 0 aliphatic heterocycles. The van der Waals surface area contributed by atoms with Crippen LogP contribution < -0.4 is 15.6 Å². The molecule has 2 heterocycles. The average molecular weight is 404 g/mol. The number of carbonyl (C=O) groups is 1. The lowest BCUT2D eigenvalue weighted by Crippen LogP contribution is -2.35. The number of nitrogens with one attached hydrogen (secondary N) is 1. The van der Waals surface area contributed by atoms with Crippen LogP contribution in [0.1, 0.15) is 18.2 Å². The lowest BCUT2D eigenvalue weighted by Gasteiger charge is -2.14. The zero-order valence-corrected chi connectivity index (χ0v) is 16.8. The van der Waals surface area contributed by atoms with Gasteiger partial charge in [-0.3, -0.25) is 14.0 Å². The second-order valence-electron chi connectivity index (χ2n) is 6.16. The molecule has 3 aromatic rings. The van der Waals surface area contributed by atoms with E-state index in [2.05, 4.69) is 10.3 Å². The maximum Gasteiger partial charge on any atom is 0.258 e. The van der Waals surface area contributed by atoms with E-state index in [9.17, 15) is 9.59 Å². The van der Waals surface area contributed by atoms with Gasteiger partial charge in [-0.2, -0.15) is 0 Å². The number of thiazole rings is 1. The first-order chi connectivity index (χ1) is 13.0. The number of hydrogen-bond donors (Lipinski definition) is 1. The molecule has 0 aliphatic carbocycles. The molecule has 142 valence electrons. The van der Waals surface area contributed by atoms with Crippen LogP contribution in [0, 0.1) is 0 Å². The molecule has 1 unspecified atom stereocenters. The summed E-state index contributed by atoms with van der Waals surface area (Å²) in [5.41, 5.74) is 1.72. The van der Waals surface area contributed by atoms with E-state index in [0.29, 0.717) is 22.2 Å². The molecule has 1 atom stereocenters. The molecule has 6 nitrogen and oxygen atoms in total. The van der Waals surface area contributed by atoms with Crippen LogP contribution in [0.5, 0.6) is 5.75 Å². The molecule has 0 bridgehead atoms. The summed E-state index contributed by atoms with van der Waals surface area (Å²) in [5, 5.41) is 4.84. The van der Waals surface area contributed by atoms with Gasteiger partial charge in [-0.05, 0) is 31.0 Å². The predicted octanol–water partition coefficient (Wildman–Crippen LogP) is 2.75. The normalized spacial score (nSPS) is 12.1. The van der Waals surface area contributed by atoms with Gasteiger partial charge in [-0.25, -0.2) is 4.98 Å². The summed E-state index contributed by atoms with van der Waals surface area (Å²) in [6.07, 6.45) is 2.45. The summed E-state index contributed by atoms with van der Waals surface area (Å²) in [6, 6.07) is 9.38. The highest BCUT2D eigenvalue weighted by Crippen LogP contribution is 2.15. The van der Waals surface area contributed by atoms with Crippen molar-refractivity contribution in [3.63, 3.8) is 0 Å². The molecule has 0 radical (unpaired) electrons. The first-order valence-corrected chi connectivity index (χ1v) is 10.5. The van der Waals surface area contributed by atoms with Crippen molar-refractivity contribution >= 4 is 34.0 Å². The standard InChI is InChI=1S/C19H21N3O3S2/c1-13(8-14-4-3-5-16(9-14)25-2)20-17(23)12-26-11-15-10-18(24)22-6-7-27-19(22)21-15/h3-7,9-10,13H,8,11-12H2,1-2H3,(H,20,23). The first kappa shape index (κ1) is 19.4. The topological polar surface area (TPSA) is 72.7 Å². The van der Waals surface area contributed by atoms with Gasteiger partial charge in [0.1, 0.15) is 5.75 Å². The molecule has 0 saturated carbocycles. The molecule has 8 heteroatoms. The second-order valence-corrected chi connectivity index (χ2v) is 8.02. The van der Waals surface area contributed by atoms with Crippen LogP contribution >= 0.6 is 23.1 Å². The molecular weight excluding hydrogens is 382 g/mol. The Bertz CT molecular complexity index is 983. The number of aromatic nitrogens is 2. The highest BCUT2D eigenvalue weighted by Gasteiger charge is 2.10. The fourth-order valence-electron chi connectivity index (χ4n) is 2.73.